The van der Waals surface area contributed by atoms with Gasteiger partial charge in [-0.15, -0.1) is 0 Å². The Kier molecular flexibility index (Phi) is 4.59. The number of benzene rings is 1. The van der Waals surface area contributed by atoms with Crippen molar-refractivity contribution in [2.45, 2.75) is 13.3 Å². The zero-order valence-electron chi connectivity index (χ0n) is 9.72. The van der Waals surface area contributed by atoms with E-state index in [0.29, 0.717) is 6.54 Å². The summed E-state index contributed by atoms with van der Waals surface area (Å²) in [5.74, 6) is -1.79. The van der Waals surface area contributed by atoms with Gasteiger partial charge in [-0.1, -0.05) is 6.92 Å². The smallest absolute Gasteiger partial charge is 0.303 e. The van der Waals surface area contributed by atoms with E-state index in [1.54, 1.807) is 6.92 Å². The number of hydrogen-bond donors (Lipinski definition) is 2. The van der Waals surface area contributed by atoms with Gasteiger partial charge in [0.25, 0.3) is 5.69 Å². The van der Waals surface area contributed by atoms with Crippen LogP contribution < -0.4 is 5.32 Å². The fraction of sp³-hybridized carbons (Fsp3) is 0.364. The van der Waals surface area contributed by atoms with Crippen LogP contribution in [0.4, 0.5) is 15.8 Å². The van der Waals surface area contributed by atoms with E-state index in [2.05, 4.69) is 5.32 Å². The monoisotopic (exact) mass is 256 g/mol. The molecule has 2 N–H and O–H groups in total. The lowest BCUT2D eigenvalue weighted by Crippen LogP contribution is -2.15. The summed E-state index contributed by atoms with van der Waals surface area (Å²) in [6.45, 7) is 2.02. The third-order valence-corrected chi connectivity index (χ3v) is 2.27. The summed E-state index contributed by atoms with van der Waals surface area (Å²) in [4.78, 5) is 20.3. The maximum atomic E-state index is 13.1. The standard InChI is InChI=1S/C11H13FN2O4/c1-7(2-11(15)16)6-13-9-3-8(12)4-10(5-9)14(17)18/h3-5,7,13H,2,6H2,1H3,(H,15,16). The molecule has 0 saturated carbocycles. The fourth-order valence-electron chi connectivity index (χ4n) is 1.44. The van der Waals surface area contributed by atoms with Crippen LogP contribution in [0.3, 0.4) is 0 Å². The van der Waals surface area contributed by atoms with E-state index < -0.39 is 16.7 Å². The third-order valence-electron chi connectivity index (χ3n) is 2.27. The lowest BCUT2D eigenvalue weighted by Gasteiger charge is -2.11. The van der Waals surface area contributed by atoms with E-state index in [9.17, 15) is 19.3 Å². The number of nitrogens with zero attached hydrogens (tertiary/aromatic N) is 1. The largest absolute Gasteiger partial charge is 0.481 e. The van der Waals surface area contributed by atoms with Crippen molar-refractivity contribution in [3.05, 3.63) is 34.1 Å². The quantitative estimate of drug-likeness (QED) is 0.601. The van der Waals surface area contributed by atoms with Gasteiger partial charge in [0.1, 0.15) is 5.82 Å². The van der Waals surface area contributed by atoms with Crippen molar-refractivity contribution in [2.75, 3.05) is 11.9 Å². The van der Waals surface area contributed by atoms with Crippen molar-refractivity contribution in [1.29, 1.82) is 0 Å². The molecule has 98 valence electrons. The number of anilines is 1. The van der Waals surface area contributed by atoms with E-state index in [4.69, 9.17) is 5.11 Å². The van der Waals surface area contributed by atoms with Crippen LogP contribution >= 0.6 is 0 Å². The van der Waals surface area contributed by atoms with Crippen LogP contribution in [0.25, 0.3) is 0 Å². The van der Waals surface area contributed by atoms with Crippen LogP contribution in [0, 0.1) is 21.8 Å². The molecule has 0 saturated heterocycles. The van der Waals surface area contributed by atoms with Gasteiger partial charge in [-0.05, 0) is 12.0 Å². The van der Waals surface area contributed by atoms with Gasteiger partial charge in [0.2, 0.25) is 0 Å². The number of carboxylic acid groups (broad SMARTS) is 1. The zero-order valence-corrected chi connectivity index (χ0v) is 9.72. The van der Waals surface area contributed by atoms with Crippen molar-refractivity contribution in [3.8, 4) is 0 Å². The SMILES string of the molecule is CC(CNc1cc(F)cc([N+](=O)[O-])c1)CC(=O)O. The lowest BCUT2D eigenvalue weighted by atomic mass is 10.1. The third kappa shape index (κ3) is 4.36. The normalized spacial score (nSPS) is 11.9. The molecule has 0 fully saturated rings. The van der Waals surface area contributed by atoms with Crippen LogP contribution in [0.2, 0.25) is 0 Å². The Morgan fingerprint density at radius 3 is 2.78 bits per heavy atom. The molecule has 0 aliphatic rings. The molecule has 6 nitrogen and oxygen atoms in total. The molecule has 0 bridgehead atoms. The van der Waals surface area contributed by atoms with Crippen molar-refractivity contribution in [3.63, 3.8) is 0 Å². The molecule has 1 atom stereocenters. The number of carbonyl (C=O) groups is 1. The Bertz CT molecular complexity index is 464. The number of non-ortho nitro benzene ring substituents is 1. The second kappa shape index (κ2) is 5.95. The molecule has 0 radical (unpaired) electrons. The summed E-state index contributed by atoms with van der Waals surface area (Å²) in [7, 11) is 0. The Morgan fingerprint density at radius 1 is 1.56 bits per heavy atom. The second-order valence-electron chi connectivity index (χ2n) is 4.04. The highest BCUT2D eigenvalue weighted by Crippen LogP contribution is 2.20. The van der Waals surface area contributed by atoms with Gasteiger partial charge in [0.05, 0.1) is 11.0 Å². The predicted octanol–water partition coefficient (Wildman–Crippen LogP) is 2.26. The van der Waals surface area contributed by atoms with E-state index in [1.165, 1.54) is 6.07 Å². The molecule has 18 heavy (non-hydrogen) atoms. The molecule has 0 aliphatic heterocycles. The molecule has 0 aliphatic carbocycles. The molecule has 1 unspecified atom stereocenters. The maximum Gasteiger partial charge on any atom is 0.303 e. The van der Waals surface area contributed by atoms with Crippen LogP contribution in [-0.2, 0) is 4.79 Å². The number of nitro benzene ring substituents is 1. The molecule has 7 heteroatoms. The van der Waals surface area contributed by atoms with Crippen LogP contribution in [-0.4, -0.2) is 22.5 Å². The molecule has 0 amide bonds. The molecule has 1 rings (SSSR count). The number of carboxylic acids is 1. The highest BCUT2D eigenvalue weighted by molar-refractivity contribution is 5.67. The molecule has 0 aromatic heterocycles. The minimum absolute atomic E-state index is 0.0234. The minimum atomic E-state index is -0.922. The summed E-state index contributed by atoms with van der Waals surface area (Å²) < 4.78 is 13.1. The molecule has 0 spiro atoms. The van der Waals surface area contributed by atoms with E-state index in [-0.39, 0.29) is 23.7 Å². The number of nitrogens with one attached hydrogen (secondary N) is 1. The first-order chi connectivity index (χ1) is 8.38. The molecular weight excluding hydrogens is 243 g/mol. The fourth-order valence-corrected chi connectivity index (χ4v) is 1.44. The first kappa shape index (κ1) is 13.9. The van der Waals surface area contributed by atoms with Gasteiger partial charge in [0, 0.05) is 24.7 Å². The number of halogens is 1. The molecular formula is C11H13FN2O4. The highest BCUT2D eigenvalue weighted by Gasteiger charge is 2.11. The van der Waals surface area contributed by atoms with E-state index >= 15 is 0 Å². The summed E-state index contributed by atoms with van der Waals surface area (Å²) in [6, 6.07) is 3.16. The summed E-state index contributed by atoms with van der Waals surface area (Å²) in [5.41, 5.74) is -0.0812. The van der Waals surface area contributed by atoms with Gasteiger partial charge in [-0.3, -0.25) is 14.9 Å². The predicted molar refractivity (Wildman–Crippen MR) is 63.0 cm³/mol. The van der Waals surface area contributed by atoms with Gasteiger partial charge < -0.3 is 10.4 Å². The second-order valence-corrected chi connectivity index (χ2v) is 4.04. The topological polar surface area (TPSA) is 92.5 Å². The Hall–Kier alpha value is -2.18. The molecule has 0 heterocycles. The van der Waals surface area contributed by atoms with Crippen LogP contribution in [0.15, 0.2) is 18.2 Å². The molecule has 1 aromatic carbocycles. The van der Waals surface area contributed by atoms with Crippen molar-refractivity contribution < 1.29 is 19.2 Å². The van der Waals surface area contributed by atoms with Gasteiger partial charge in [-0.25, -0.2) is 4.39 Å². The van der Waals surface area contributed by atoms with Gasteiger partial charge in [-0.2, -0.15) is 0 Å². The number of nitro groups is 1. The molecule has 1 aromatic rings. The van der Waals surface area contributed by atoms with Gasteiger partial charge >= 0.3 is 5.97 Å². The summed E-state index contributed by atoms with van der Waals surface area (Å²) in [6.07, 6.45) is -0.0234. The first-order valence-electron chi connectivity index (χ1n) is 5.29. The van der Waals surface area contributed by atoms with Gasteiger partial charge in [0.15, 0.2) is 0 Å². The summed E-state index contributed by atoms with van der Waals surface area (Å²) in [5, 5.41) is 21.9. The lowest BCUT2D eigenvalue weighted by molar-refractivity contribution is -0.385. The van der Waals surface area contributed by atoms with Crippen molar-refractivity contribution in [1.82, 2.24) is 0 Å². The van der Waals surface area contributed by atoms with Crippen molar-refractivity contribution >= 4 is 17.3 Å². The number of rotatable bonds is 6. The average molecular weight is 256 g/mol. The van der Waals surface area contributed by atoms with Crippen LogP contribution in [0.5, 0.6) is 0 Å². The number of aliphatic carboxylic acids is 1. The van der Waals surface area contributed by atoms with Crippen LogP contribution in [0.1, 0.15) is 13.3 Å². The summed E-state index contributed by atoms with van der Waals surface area (Å²) >= 11 is 0. The number of hydrogen-bond acceptors (Lipinski definition) is 4. The maximum absolute atomic E-state index is 13.1. The Balaban J connectivity index is 2.67. The minimum Gasteiger partial charge on any atom is -0.481 e. The Labute approximate surface area is 103 Å². The van der Waals surface area contributed by atoms with Crippen molar-refractivity contribution in [2.24, 2.45) is 5.92 Å². The van der Waals surface area contributed by atoms with E-state index in [1.807, 2.05) is 0 Å². The van der Waals surface area contributed by atoms with E-state index in [0.717, 1.165) is 12.1 Å². The Morgan fingerprint density at radius 2 is 2.22 bits per heavy atom. The highest BCUT2D eigenvalue weighted by atomic mass is 19.1. The zero-order chi connectivity index (χ0) is 13.7. The first-order valence-corrected chi connectivity index (χ1v) is 5.29. The average Bonchev–Trinajstić information content (AvgIpc) is 2.24.